The molecule has 0 bridgehead atoms. The monoisotopic (exact) mass is 979 g/mol. The minimum absolute atomic E-state index is 0.710. The molecule has 0 atom stereocenters. The van der Waals surface area contributed by atoms with Crippen LogP contribution in [0.5, 0.6) is 0 Å². The van der Waals surface area contributed by atoms with Crippen molar-refractivity contribution in [1.82, 2.24) is 0 Å². The fraction of sp³-hybridized carbons (Fsp3) is 0.0263. The minimum atomic E-state index is -0.710. The van der Waals surface area contributed by atoms with Crippen LogP contribution >= 0.6 is 0 Å². The molecule has 1 heteroatoms. The van der Waals surface area contributed by atoms with Gasteiger partial charge in [0.2, 0.25) is 0 Å². The fourth-order valence-corrected chi connectivity index (χ4v) is 13.0. The van der Waals surface area contributed by atoms with Crippen molar-refractivity contribution in [3.8, 4) is 77.9 Å². The summed E-state index contributed by atoms with van der Waals surface area (Å²) in [4.78, 5) is 2.44. The maximum atomic E-state index is 4.15. The quantitative estimate of drug-likeness (QED) is 0.117. The first kappa shape index (κ1) is 45.8. The highest BCUT2D eigenvalue weighted by atomic mass is 15.1. The largest absolute Gasteiger partial charge is 0.310 e. The number of fused-ring (bicyclic) bond motifs is 7. The fourth-order valence-electron chi connectivity index (χ4n) is 13.0. The third kappa shape index (κ3) is 7.30. The van der Waals surface area contributed by atoms with Crippen molar-refractivity contribution in [3.63, 3.8) is 0 Å². The molecule has 0 unspecified atom stereocenters. The van der Waals surface area contributed by atoms with E-state index in [0.717, 1.165) is 17.1 Å². The van der Waals surface area contributed by atoms with E-state index < -0.39 is 5.41 Å². The number of allylic oxidation sites excluding steroid dienone is 2. The first-order valence-corrected chi connectivity index (χ1v) is 26.7. The third-order valence-corrected chi connectivity index (χ3v) is 16.2. The van der Waals surface area contributed by atoms with Gasteiger partial charge in [0.05, 0.1) is 5.41 Å². The van der Waals surface area contributed by atoms with Gasteiger partial charge in [0.15, 0.2) is 0 Å². The Morgan fingerprint density at radius 3 is 1.32 bits per heavy atom. The number of nitrogens with zero attached hydrogens (tertiary/aromatic N) is 1. The van der Waals surface area contributed by atoms with Crippen LogP contribution in [0.3, 0.4) is 0 Å². The van der Waals surface area contributed by atoms with Crippen molar-refractivity contribution >= 4 is 33.9 Å². The Morgan fingerprint density at radius 1 is 0.351 bits per heavy atom. The summed E-state index contributed by atoms with van der Waals surface area (Å²) in [6, 6.07) is 101. The highest BCUT2D eigenvalue weighted by molar-refractivity contribution is 6.26. The van der Waals surface area contributed by atoms with Gasteiger partial charge in [-0.15, -0.1) is 0 Å². The lowest BCUT2D eigenvalue weighted by Gasteiger charge is -2.35. The van der Waals surface area contributed by atoms with E-state index in [2.05, 4.69) is 304 Å². The van der Waals surface area contributed by atoms with Crippen LogP contribution in [0.4, 0.5) is 17.1 Å². The summed E-state index contributed by atoms with van der Waals surface area (Å²) in [6.45, 7) is 6.46. The van der Waals surface area contributed by atoms with E-state index in [4.69, 9.17) is 0 Å². The van der Waals surface area contributed by atoms with E-state index in [0.29, 0.717) is 0 Å². The molecule has 77 heavy (non-hydrogen) atoms. The van der Waals surface area contributed by atoms with Gasteiger partial charge >= 0.3 is 0 Å². The lowest BCUT2D eigenvalue weighted by molar-refractivity contribution is 0.769. The molecule has 0 radical (unpaired) electrons. The first-order valence-electron chi connectivity index (χ1n) is 26.7. The van der Waals surface area contributed by atoms with Crippen molar-refractivity contribution in [1.29, 1.82) is 0 Å². The minimum Gasteiger partial charge on any atom is -0.310 e. The maximum absolute atomic E-state index is 4.15. The second kappa shape index (κ2) is 18.8. The average Bonchev–Trinajstić information content (AvgIpc) is 4.13. The molecule has 0 saturated heterocycles. The normalized spacial score (nSPS) is 12.6. The van der Waals surface area contributed by atoms with Gasteiger partial charge in [-0.05, 0) is 171 Å². The van der Waals surface area contributed by atoms with E-state index >= 15 is 0 Å². The Balaban J connectivity index is 1.07. The van der Waals surface area contributed by atoms with Crippen molar-refractivity contribution in [2.45, 2.75) is 12.3 Å². The van der Waals surface area contributed by atoms with Gasteiger partial charge in [-0.1, -0.05) is 255 Å². The van der Waals surface area contributed by atoms with Crippen molar-refractivity contribution in [3.05, 3.63) is 325 Å². The zero-order valence-electron chi connectivity index (χ0n) is 42.9. The molecular weight excluding hydrogens is 927 g/mol. The first-order chi connectivity index (χ1) is 38.1. The van der Waals surface area contributed by atoms with Gasteiger partial charge in [0, 0.05) is 17.1 Å². The summed E-state index contributed by atoms with van der Waals surface area (Å²) in [5.41, 5.74) is 27.3. The van der Waals surface area contributed by atoms with Crippen molar-refractivity contribution in [2.24, 2.45) is 0 Å². The molecule has 0 amide bonds. The van der Waals surface area contributed by atoms with Crippen LogP contribution in [0.25, 0.3) is 94.7 Å². The smallest absolute Gasteiger partial charge is 0.0714 e. The van der Waals surface area contributed by atoms with Gasteiger partial charge in [-0.3, -0.25) is 0 Å². The molecule has 0 fully saturated rings. The van der Waals surface area contributed by atoms with Gasteiger partial charge in [0.1, 0.15) is 0 Å². The van der Waals surface area contributed by atoms with E-state index in [1.165, 1.54) is 122 Å². The zero-order valence-corrected chi connectivity index (χ0v) is 42.9. The predicted octanol–water partition coefficient (Wildman–Crippen LogP) is 20.5. The van der Waals surface area contributed by atoms with Crippen LogP contribution < -0.4 is 4.90 Å². The summed E-state index contributed by atoms with van der Waals surface area (Å²) in [5.74, 6) is 0. The number of benzene rings is 12. The Kier molecular flexibility index (Phi) is 11.2. The summed E-state index contributed by atoms with van der Waals surface area (Å²) < 4.78 is 0. The average molecular weight is 980 g/mol. The molecule has 0 N–H and O–H groups in total. The van der Waals surface area contributed by atoms with E-state index in [1.807, 2.05) is 6.08 Å². The lowest BCUT2D eigenvalue weighted by atomic mass is 9.67. The van der Waals surface area contributed by atoms with Crippen LogP contribution in [0.1, 0.15) is 33.4 Å². The standard InChI is InChI=1S/C76H53N/c1-3-4-36-63-51(2)70(56-28-15-7-16-29-56)74-66-38-23-37-65-72(66)67(75(74)71(63)57-30-17-8-18-31-57)50-69-73(65)64-48-47-62(49-68(64)76(69,58-32-19-9-20-33-58)59-34-21-10-22-35-59)77(60-43-39-54(40-44-60)52-24-11-5-12-25-52)61-45-41-55(42-46-61)53-26-13-6-14-27-53/h3-50H,1H2,2H3/b36-4-. The molecule has 0 aromatic heterocycles. The molecule has 12 aromatic rings. The molecule has 0 heterocycles. The van der Waals surface area contributed by atoms with Crippen LogP contribution in [-0.4, -0.2) is 0 Å². The van der Waals surface area contributed by atoms with Crippen LogP contribution in [0.15, 0.2) is 292 Å². The Morgan fingerprint density at radius 2 is 0.805 bits per heavy atom. The highest BCUT2D eigenvalue weighted by Crippen LogP contribution is 2.64. The Labute approximate surface area is 451 Å². The van der Waals surface area contributed by atoms with E-state index in [9.17, 15) is 0 Å². The Hall–Kier alpha value is -9.82. The lowest BCUT2D eigenvalue weighted by Crippen LogP contribution is -2.29. The molecule has 2 aliphatic carbocycles. The number of rotatable bonds is 11. The number of hydrogen-bond acceptors (Lipinski definition) is 1. The third-order valence-electron chi connectivity index (χ3n) is 16.2. The maximum Gasteiger partial charge on any atom is 0.0714 e. The second-order valence-corrected chi connectivity index (χ2v) is 20.3. The summed E-state index contributed by atoms with van der Waals surface area (Å²) >= 11 is 0. The predicted molar refractivity (Wildman–Crippen MR) is 326 cm³/mol. The van der Waals surface area contributed by atoms with Crippen LogP contribution in [0.2, 0.25) is 0 Å². The van der Waals surface area contributed by atoms with Crippen LogP contribution in [-0.2, 0) is 5.41 Å². The molecular formula is C76H53N. The summed E-state index contributed by atoms with van der Waals surface area (Å²) in [6.07, 6.45) is 6.27. The molecule has 362 valence electrons. The van der Waals surface area contributed by atoms with E-state index in [-0.39, 0.29) is 0 Å². The zero-order chi connectivity index (χ0) is 51.5. The van der Waals surface area contributed by atoms with Gasteiger partial charge in [-0.2, -0.15) is 0 Å². The highest BCUT2D eigenvalue weighted by Gasteiger charge is 2.48. The van der Waals surface area contributed by atoms with Gasteiger partial charge < -0.3 is 4.90 Å². The topological polar surface area (TPSA) is 3.24 Å². The second-order valence-electron chi connectivity index (χ2n) is 20.3. The van der Waals surface area contributed by atoms with Gasteiger partial charge in [-0.25, -0.2) is 0 Å². The van der Waals surface area contributed by atoms with E-state index in [1.54, 1.807) is 0 Å². The molecule has 14 rings (SSSR count). The Bertz CT molecular complexity index is 4100. The summed E-state index contributed by atoms with van der Waals surface area (Å²) in [5, 5.41) is 2.56. The molecule has 0 aliphatic heterocycles. The SMILES string of the molecule is C=C/C=C\c1c(C)c(-c2ccccc2)c2c(c1-c1ccccc1)-c1cc3c(c4cccc-2c14)-c1ccc(N(c2ccc(-c4ccccc4)cc2)c2ccc(-c4ccccc4)cc2)cc1C3(c1ccccc1)c1ccccc1. The van der Waals surface area contributed by atoms with Crippen molar-refractivity contribution < 1.29 is 0 Å². The molecule has 0 spiro atoms. The molecule has 2 aliphatic rings. The van der Waals surface area contributed by atoms with Gasteiger partial charge in [0.25, 0.3) is 0 Å². The number of anilines is 3. The molecule has 1 nitrogen and oxygen atoms in total. The molecule has 0 saturated carbocycles. The van der Waals surface area contributed by atoms with Crippen LogP contribution in [0, 0.1) is 6.92 Å². The molecule has 12 aromatic carbocycles. The summed E-state index contributed by atoms with van der Waals surface area (Å²) in [7, 11) is 0. The number of hydrogen-bond donors (Lipinski definition) is 0. The van der Waals surface area contributed by atoms with Crippen molar-refractivity contribution in [2.75, 3.05) is 4.90 Å².